The van der Waals surface area contributed by atoms with Crippen molar-refractivity contribution in [3.63, 3.8) is 0 Å². The number of carbonyl (C=O) groups is 1. The van der Waals surface area contributed by atoms with Crippen LogP contribution < -0.4 is 10.6 Å². The van der Waals surface area contributed by atoms with E-state index in [1.165, 1.54) is 0 Å². The number of carbonyl (C=O) groups excluding carboxylic acids is 1. The highest BCUT2D eigenvalue weighted by Gasteiger charge is 2.23. The quantitative estimate of drug-likeness (QED) is 0.841. The van der Waals surface area contributed by atoms with Crippen LogP contribution in [-0.4, -0.2) is 33.7 Å². The lowest BCUT2D eigenvalue weighted by Crippen LogP contribution is -2.31. The van der Waals surface area contributed by atoms with Crippen LogP contribution in [0.4, 0.5) is 5.82 Å². The Morgan fingerprint density at radius 2 is 2.12 bits per heavy atom. The Morgan fingerprint density at radius 3 is 2.81 bits per heavy atom. The molecule has 8 heteroatoms. The third-order valence-electron chi connectivity index (χ3n) is 1.98. The van der Waals surface area contributed by atoms with Gasteiger partial charge in [0.15, 0.2) is 11.0 Å². The summed E-state index contributed by atoms with van der Waals surface area (Å²) in [5.41, 5.74) is 0. The number of halogens is 2. The molecule has 0 aliphatic heterocycles. The number of aromatic nitrogens is 3. The van der Waals surface area contributed by atoms with E-state index in [-0.39, 0.29) is 28.7 Å². The van der Waals surface area contributed by atoms with E-state index >= 15 is 0 Å². The molecule has 0 spiro atoms. The number of amides is 1. The van der Waals surface area contributed by atoms with Crippen LogP contribution in [0.1, 0.15) is 12.8 Å². The number of nitrogens with one attached hydrogen (secondary N) is 2. The molecule has 6 nitrogen and oxygen atoms in total. The molecule has 1 fully saturated rings. The molecule has 86 valence electrons. The summed E-state index contributed by atoms with van der Waals surface area (Å²) >= 11 is 11.3. The maximum atomic E-state index is 11.3. The lowest BCUT2D eigenvalue weighted by molar-refractivity contribution is -0.119. The molecule has 0 radical (unpaired) electrons. The summed E-state index contributed by atoms with van der Waals surface area (Å²) in [5.74, 6) is 0.154. The molecule has 1 aromatic rings. The minimum atomic E-state index is -0.103. The normalized spacial score (nSPS) is 14.6. The van der Waals surface area contributed by atoms with Crippen molar-refractivity contribution in [2.45, 2.75) is 18.9 Å². The van der Waals surface area contributed by atoms with Gasteiger partial charge in [-0.2, -0.15) is 4.98 Å². The zero-order valence-corrected chi connectivity index (χ0v) is 9.72. The monoisotopic (exact) mass is 261 g/mol. The second-order valence-corrected chi connectivity index (χ2v) is 4.11. The Hall–Kier alpha value is -1.14. The Kier molecular flexibility index (Phi) is 3.40. The summed E-state index contributed by atoms with van der Waals surface area (Å²) in [7, 11) is 0. The summed E-state index contributed by atoms with van der Waals surface area (Å²) in [6.07, 6.45) is 2.10. The Balaban J connectivity index is 1.87. The average molecular weight is 262 g/mol. The van der Waals surface area contributed by atoms with Gasteiger partial charge in [0.05, 0.1) is 6.54 Å². The summed E-state index contributed by atoms with van der Waals surface area (Å²) < 4.78 is 0. The Labute approximate surface area is 102 Å². The topological polar surface area (TPSA) is 79.8 Å². The van der Waals surface area contributed by atoms with Gasteiger partial charge in [-0.3, -0.25) is 4.79 Å². The largest absolute Gasteiger partial charge is 0.358 e. The molecule has 0 bridgehead atoms. The minimum Gasteiger partial charge on any atom is -0.358 e. The van der Waals surface area contributed by atoms with Gasteiger partial charge in [-0.25, -0.2) is 0 Å². The van der Waals surface area contributed by atoms with Gasteiger partial charge in [0.2, 0.25) is 11.2 Å². The van der Waals surface area contributed by atoms with Gasteiger partial charge in [0.25, 0.3) is 0 Å². The second kappa shape index (κ2) is 4.80. The van der Waals surface area contributed by atoms with Crippen molar-refractivity contribution in [2.75, 3.05) is 11.9 Å². The summed E-state index contributed by atoms with van der Waals surface area (Å²) in [4.78, 5) is 15.2. The van der Waals surface area contributed by atoms with Crippen LogP contribution in [-0.2, 0) is 4.79 Å². The van der Waals surface area contributed by atoms with E-state index in [2.05, 4.69) is 25.8 Å². The van der Waals surface area contributed by atoms with Crippen LogP contribution in [0, 0.1) is 0 Å². The molecule has 2 N–H and O–H groups in total. The molecule has 1 amide bonds. The highest BCUT2D eigenvalue weighted by atomic mass is 35.5. The van der Waals surface area contributed by atoms with E-state index in [0.29, 0.717) is 6.04 Å². The molecule has 1 saturated carbocycles. The standard InChI is InChI=1S/C8H9Cl2N5O/c9-6-7(13-8(10)15-14-6)11-3-5(16)12-4-1-2-4/h4H,1-3H2,(H,12,16)(H,11,13,15). The molecular weight excluding hydrogens is 253 g/mol. The smallest absolute Gasteiger partial charge is 0.245 e. The van der Waals surface area contributed by atoms with Gasteiger partial charge < -0.3 is 10.6 Å². The highest BCUT2D eigenvalue weighted by Crippen LogP contribution is 2.19. The first-order chi connectivity index (χ1) is 7.65. The van der Waals surface area contributed by atoms with Gasteiger partial charge in [-0.1, -0.05) is 11.6 Å². The van der Waals surface area contributed by atoms with Crippen LogP contribution in [0.25, 0.3) is 0 Å². The summed E-state index contributed by atoms with van der Waals surface area (Å²) in [6.45, 7) is 0.0885. The van der Waals surface area contributed by atoms with E-state index in [4.69, 9.17) is 23.2 Å². The minimum absolute atomic E-state index is 0.0190. The third-order valence-corrected chi connectivity index (χ3v) is 2.39. The van der Waals surface area contributed by atoms with Crippen molar-refractivity contribution in [3.8, 4) is 0 Å². The average Bonchev–Trinajstić information content (AvgIpc) is 3.03. The molecular formula is C8H9Cl2N5O. The van der Waals surface area contributed by atoms with Crippen LogP contribution >= 0.6 is 23.2 Å². The van der Waals surface area contributed by atoms with E-state index in [0.717, 1.165) is 12.8 Å². The van der Waals surface area contributed by atoms with E-state index in [1.807, 2.05) is 0 Å². The van der Waals surface area contributed by atoms with Crippen LogP contribution in [0.15, 0.2) is 0 Å². The third kappa shape index (κ3) is 3.18. The molecule has 1 aliphatic carbocycles. The maximum Gasteiger partial charge on any atom is 0.245 e. The first kappa shape index (κ1) is 11.3. The van der Waals surface area contributed by atoms with Gasteiger partial charge in [0, 0.05) is 6.04 Å². The van der Waals surface area contributed by atoms with Crippen LogP contribution in [0.2, 0.25) is 10.4 Å². The predicted octanol–water partition coefficient (Wildman–Crippen LogP) is 0.869. The van der Waals surface area contributed by atoms with Crippen molar-refractivity contribution >= 4 is 34.9 Å². The molecule has 2 rings (SSSR count). The highest BCUT2D eigenvalue weighted by molar-refractivity contribution is 6.32. The second-order valence-electron chi connectivity index (χ2n) is 3.42. The van der Waals surface area contributed by atoms with Gasteiger partial charge in [0.1, 0.15) is 0 Å². The zero-order valence-electron chi connectivity index (χ0n) is 8.20. The van der Waals surface area contributed by atoms with Crippen molar-refractivity contribution in [1.29, 1.82) is 0 Å². The van der Waals surface area contributed by atoms with Gasteiger partial charge in [-0.15, -0.1) is 10.2 Å². The lowest BCUT2D eigenvalue weighted by Gasteiger charge is -2.06. The molecule has 16 heavy (non-hydrogen) atoms. The molecule has 1 aromatic heterocycles. The number of anilines is 1. The van der Waals surface area contributed by atoms with Crippen LogP contribution in [0.3, 0.4) is 0 Å². The van der Waals surface area contributed by atoms with Crippen molar-refractivity contribution in [1.82, 2.24) is 20.5 Å². The van der Waals surface area contributed by atoms with Crippen molar-refractivity contribution < 1.29 is 4.79 Å². The fraction of sp³-hybridized carbons (Fsp3) is 0.500. The SMILES string of the molecule is O=C(CNc1nc(Cl)nnc1Cl)NC1CC1. The van der Waals surface area contributed by atoms with E-state index in [9.17, 15) is 4.79 Å². The molecule has 0 atom stereocenters. The zero-order chi connectivity index (χ0) is 11.5. The fourth-order valence-electron chi connectivity index (χ4n) is 1.08. The van der Waals surface area contributed by atoms with Crippen LogP contribution in [0.5, 0.6) is 0 Å². The van der Waals surface area contributed by atoms with Gasteiger partial charge in [-0.05, 0) is 24.4 Å². The van der Waals surface area contributed by atoms with Gasteiger partial charge >= 0.3 is 0 Å². The molecule has 0 unspecified atom stereocenters. The predicted molar refractivity (Wildman–Crippen MR) is 59.5 cm³/mol. The van der Waals surface area contributed by atoms with Crippen molar-refractivity contribution in [2.24, 2.45) is 0 Å². The Morgan fingerprint density at radius 1 is 1.38 bits per heavy atom. The van der Waals surface area contributed by atoms with E-state index in [1.54, 1.807) is 0 Å². The van der Waals surface area contributed by atoms with E-state index < -0.39 is 0 Å². The number of hydrogen-bond acceptors (Lipinski definition) is 5. The van der Waals surface area contributed by atoms with Crippen molar-refractivity contribution in [3.05, 3.63) is 10.4 Å². The Bertz CT molecular complexity index is 409. The first-order valence-corrected chi connectivity index (χ1v) is 5.49. The molecule has 0 saturated heterocycles. The fourth-order valence-corrected chi connectivity index (χ4v) is 1.35. The summed E-state index contributed by atoms with van der Waals surface area (Å²) in [5, 5.41) is 12.6. The number of nitrogens with zero attached hydrogens (tertiary/aromatic N) is 3. The molecule has 1 aliphatic rings. The lowest BCUT2D eigenvalue weighted by atomic mass is 10.5. The number of hydrogen-bond donors (Lipinski definition) is 2. The first-order valence-electron chi connectivity index (χ1n) is 4.74. The maximum absolute atomic E-state index is 11.3. The number of rotatable bonds is 4. The molecule has 0 aromatic carbocycles. The summed E-state index contributed by atoms with van der Waals surface area (Å²) in [6, 6.07) is 0.330. The molecule has 1 heterocycles.